The number of rotatable bonds is 4. The molecule has 1 aliphatic heterocycles. The molecule has 0 aliphatic carbocycles. The van der Waals surface area contributed by atoms with Crippen LogP contribution in [0.15, 0.2) is 22.8 Å². The van der Waals surface area contributed by atoms with Crippen LogP contribution in [0.4, 0.5) is 0 Å². The summed E-state index contributed by atoms with van der Waals surface area (Å²) in [5.41, 5.74) is 3.12. The van der Waals surface area contributed by atoms with Gasteiger partial charge in [0.15, 0.2) is 5.76 Å². The molecular formula is C18H24N4O3. The van der Waals surface area contributed by atoms with Crippen LogP contribution in [0.1, 0.15) is 40.3 Å². The standard InChI is InChI=1S/C18H24N4O3/c1-13-14(2)19-20-15(13)6-7-17(23)21-8-4-9-22(11-10-21)18(24)16-5-3-12-25-16/h3,5,12H,4,6-11H2,1-2H3,(H,19,20). The first-order valence-corrected chi connectivity index (χ1v) is 8.67. The van der Waals surface area contributed by atoms with Crippen molar-refractivity contribution in [1.29, 1.82) is 0 Å². The van der Waals surface area contributed by atoms with Gasteiger partial charge in [0.05, 0.1) is 12.0 Å². The number of carbonyl (C=O) groups is 2. The van der Waals surface area contributed by atoms with Gasteiger partial charge in [0.1, 0.15) is 0 Å². The first-order chi connectivity index (χ1) is 12.1. The number of hydrogen-bond donors (Lipinski definition) is 1. The second kappa shape index (κ2) is 7.55. The SMILES string of the molecule is Cc1[nH]nc(CCC(=O)N2CCCN(C(=O)c3ccco3)CC2)c1C. The van der Waals surface area contributed by atoms with Crippen molar-refractivity contribution in [2.75, 3.05) is 26.2 Å². The number of aromatic nitrogens is 2. The van der Waals surface area contributed by atoms with E-state index in [1.54, 1.807) is 17.0 Å². The highest BCUT2D eigenvalue weighted by Crippen LogP contribution is 2.13. The number of aromatic amines is 1. The van der Waals surface area contributed by atoms with Gasteiger partial charge in [-0.3, -0.25) is 14.7 Å². The number of furan rings is 1. The van der Waals surface area contributed by atoms with Crippen LogP contribution in [-0.2, 0) is 11.2 Å². The Hall–Kier alpha value is -2.57. The minimum absolute atomic E-state index is 0.109. The fourth-order valence-electron chi connectivity index (χ4n) is 3.09. The van der Waals surface area contributed by atoms with Gasteiger partial charge in [-0.25, -0.2) is 0 Å². The zero-order valence-electron chi connectivity index (χ0n) is 14.7. The summed E-state index contributed by atoms with van der Waals surface area (Å²) in [6, 6.07) is 3.38. The lowest BCUT2D eigenvalue weighted by atomic mass is 10.1. The molecule has 0 atom stereocenters. The van der Waals surface area contributed by atoms with Gasteiger partial charge in [-0.1, -0.05) is 0 Å². The van der Waals surface area contributed by atoms with Crippen molar-refractivity contribution < 1.29 is 14.0 Å². The molecule has 25 heavy (non-hydrogen) atoms. The van der Waals surface area contributed by atoms with Crippen LogP contribution in [0.5, 0.6) is 0 Å². The summed E-state index contributed by atoms with van der Waals surface area (Å²) in [5.74, 6) is 0.360. The van der Waals surface area contributed by atoms with Crippen LogP contribution in [-0.4, -0.2) is 58.0 Å². The minimum atomic E-state index is -0.109. The Labute approximate surface area is 147 Å². The van der Waals surface area contributed by atoms with Crippen LogP contribution >= 0.6 is 0 Å². The van der Waals surface area contributed by atoms with E-state index in [1.807, 2.05) is 18.7 Å². The van der Waals surface area contributed by atoms with E-state index in [0.29, 0.717) is 44.8 Å². The third-order valence-electron chi connectivity index (χ3n) is 4.80. The molecule has 1 aliphatic rings. The monoisotopic (exact) mass is 344 g/mol. The maximum atomic E-state index is 12.5. The molecule has 7 heteroatoms. The first kappa shape index (κ1) is 17.3. The lowest BCUT2D eigenvalue weighted by Crippen LogP contribution is -2.37. The van der Waals surface area contributed by atoms with Crippen molar-refractivity contribution in [1.82, 2.24) is 20.0 Å². The maximum Gasteiger partial charge on any atom is 0.289 e. The van der Waals surface area contributed by atoms with Crippen LogP contribution < -0.4 is 0 Å². The van der Waals surface area contributed by atoms with Gasteiger partial charge in [-0.05, 0) is 38.0 Å². The summed E-state index contributed by atoms with van der Waals surface area (Å²) >= 11 is 0. The lowest BCUT2D eigenvalue weighted by Gasteiger charge is -2.21. The van der Waals surface area contributed by atoms with Crippen LogP contribution in [0, 0.1) is 13.8 Å². The summed E-state index contributed by atoms with van der Waals surface area (Å²) < 4.78 is 5.18. The summed E-state index contributed by atoms with van der Waals surface area (Å²) in [6.45, 7) is 6.41. The molecule has 1 fully saturated rings. The Morgan fingerprint density at radius 3 is 2.64 bits per heavy atom. The molecule has 3 rings (SSSR count). The van der Waals surface area contributed by atoms with Crippen molar-refractivity contribution in [2.24, 2.45) is 0 Å². The molecule has 2 amide bonds. The van der Waals surface area contributed by atoms with Gasteiger partial charge in [-0.2, -0.15) is 5.10 Å². The van der Waals surface area contributed by atoms with Crippen LogP contribution in [0.2, 0.25) is 0 Å². The predicted molar refractivity (Wildman–Crippen MR) is 92.2 cm³/mol. The normalized spacial score (nSPS) is 15.3. The molecule has 134 valence electrons. The van der Waals surface area contributed by atoms with E-state index < -0.39 is 0 Å². The van der Waals surface area contributed by atoms with E-state index in [9.17, 15) is 9.59 Å². The summed E-state index contributed by atoms with van der Waals surface area (Å²) in [7, 11) is 0. The van der Waals surface area contributed by atoms with Crippen LogP contribution in [0.3, 0.4) is 0 Å². The number of carbonyl (C=O) groups excluding carboxylic acids is 2. The average molecular weight is 344 g/mol. The van der Waals surface area contributed by atoms with E-state index >= 15 is 0 Å². The number of aryl methyl sites for hydroxylation is 2. The third kappa shape index (κ3) is 3.92. The van der Waals surface area contributed by atoms with Crippen molar-refractivity contribution in [3.8, 4) is 0 Å². The summed E-state index contributed by atoms with van der Waals surface area (Å²) in [4.78, 5) is 28.5. The Kier molecular flexibility index (Phi) is 5.21. The minimum Gasteiger partial charge on any atom is -0.459 e. The second-order valence-corrected chi connectivity index (χ2v) is 6.42. The highest BCUT2D eigenvalue weighted by Gasteiger charge is 2.24. The highest BCUT2D eigenvalue weighted by molar-refractivity contribution is 5.91. The van der Waals surface area contributed by atoms with Gasteiger partial charge >= 0.3 is 0 Å². The zero-order valence-corrected chi connectivity index (χ0v) is 14.7. The van der Waals surface area contributed by atoms with E-state index in [-0.39, 0.29) is 11.8 Å². The second-order valence-electron chi connectivity index (χ2n) is 6.42. The van der Waals surface area contributed by atoms with E-state index in [0.717, 1.165) is 23.4 Å². The van der Waals surface area contributed by atoms with Gasteiger partial charge < -0.3 is 14.2 Å². The summed E-state index contributed by atoms with van der Waals surface area (Å²) in [5, 5.41) is 7.21. The van der Waals surface area contributed by atoms with E-state index in [4.69, 9.17) is 4.42 Å². The molecule has 0 bridgehead atoms. The number of H-pyrrole nitrogens is 1. The topological polar surface area (TPSA) is 82.4 Å². The van der Waals surface area contributed by atoms with Gasteiger partial charge in [0.2, 0.25) is 5.91 Å². The number of nitrogens with zero attached hydrogens (tertiary/aromatic N) is 3. The molecule has 0 saturated carbocycles. The molecule has 0 radical (unpaired) electrons. The first-order valence-electron chi connectivity index (χ1n) is 8.67. The van der Waals surface area contributed by atoms with Gasteiger partial charge in [0.25, 0.3) is 5.91 Å². The van der Waals surface area contributed by atoms with Crippen molar-refractivity contribution in [2.45, 2.75) is 33.1 Å². The maximum absolute atomic E-state index is 12.5. The third-order valence-corrected chi connectivity index (χ3v) is 4.80. The largest absolute Gasteiger partial charge is 0.459 e. The number of nitrogens with one attached hydrogen (secondary N) is 1. The fraction of sp³-hybridized carbons (Fsp3) is 0.500. The van der Waals surface area contributed by atoms with Gasteiger partial charge in [0, 0.05) is 44.7 Å². The fourth-order valence-corrected chi connectivity index (χ4v) is 3.09. The Morgan fingerprint density at radius 2 is 1.96 bits per heavy atom. The Balaban J connectivity index is 1.53. The lowest BCUT2D eigenvalue weighted by molar-refractivity contribution is -0.131. The zero-order chi connectivity index (χ0) is 17.8. The number of hydrogen-bond acceptors (Lipinski definition) is 4. The van der Waals surface area contributed by atoms with E-state index in [2.05, 4.69) is 10.2 Å². The Bertz CT molecular complexity index is 736. The molecule has 2 aromatic rings. The van der Waals surface area contributed by atoms with Crippen molar-refractivity contribution in [3.05, 3.63) is 41.1 Å². The molecular weight excluding hydrogens is 320 g/mol. The Morgan fingerprint density at radius 1 is 1.20 bits per heavy atom. The molecule has 0 spiro atoms. The smallest absolute Gasteiger partial charge is 0.289 e. The molecule has 7 nitrogen and oxygen atoms in total. The average Bonchev–Trinajstić information content (AvgIpc) is 3.17. The molecule has 2 aromatic heterocycles. The highest BCUT2D eigenvalue weighted by atomic mass is 16.3. The molecule has 1 N–H and O–H groups in total. The number of amides is 2. The van der Waals surface area contributed by atoms with Gasteiger partial charge in [-0.15, -0.1) is 0 Å². The molecule has 3 heterocycles. The molecule has 1 saturated heterocycles. The van der Waals surface area contributed by atoms with E-state index in [1.165, 1.54) is 6.26 Å². The molecule has 0 aromatic carbocycles. The van der Waals surface area contributed by atoms with Crippen molar-refractivity contribution >= 4 is 11.8 Å². The predicted octanol–water partition coefficient (Wildman–Crippen LogP) is 1.93. The van der Waals surface area contributed by atoms with Crippen molar-refractivity contribution in [3.63, 3.8) is 0 Å². The quantitative estimate of drug-likeness (QED) is 0.919. The molecule has 0 unspecified atom stereocenters. The van der Waals surface area contributed by atoms with Crippen LogP contribution in [0.25, 0.3) is 0 Å². The summed E-state index contributed by atoms with van der Waals surface area (Å²) in [6.07, 6.45) is 3.36.